The molecular formula is C15H11FN2OS. The first-order valence-electron chi connectivity index (χ1n) is 6.26. The second-order valence-electron chi connectivity index (χ2n) is 4.73. The van der Waals surface area contributed by atoms with Gasteiger partial charge in [0.25, 0.3) is 0 Å². The van der Waals surface area contributed by atoms with Crippen LogP contribution in [0, 0.1) is 5.82 Å². The number of benzene rings is 2. The average Bonchev–Trinajstić information content (AvgIpc) is 2.68. The van der Waals surface area contributed by atoms with Crippen LogP contribution in [-0.2, 0) is 6.54 Å². The maximum Gasteiger partial charge on any atom is 0.133 e. The molecule has 3 N–H and O–H groups in total. The van der Waals surface area contributed by atoms with Crippen LogP contribution in [0.15, 0.2) is 36.4 Å². The summed E-state index contributed by atoms with van der Waals surface area (Å²) in [4.78, 5) is 0. The molecule has 0 amide bonds. The minimum Gasteiger partial charge on any atom is -0.506 e. The number of hydrogen-bond donors (Lipinski definition) is 3. The molecule has 3 nitrogen and oxygen atoms in total. The number of halogens is 1. The van der Waals surface area contributed by atoms with E-state index in [4.69, 9.17) is 0 Å². The Morgan fingerprint density at radius 3 is 2.95 bits per heavy atom. The molecule has 0 aliphatic carbocycles. The van der Waals surface area contributed by atoms with Gasteiger partial charge in [0.1, 0.15) is 11.6 Å². The van der Waals surface area contributed by atoms with E-state index < -0.39 is 0 Å². The summed E-state index contributed by atoms with van der Waals surface area (Å²) < 4.78 is 14.2. The van der Waals surface area contributed by atoms with Crippen LogP contribution in [0.25, 0.3) is 10.1 Å². The highest BCUT2D eigenvalue weighted by atomic mass is 32.1. The normalized spacial score (nSPS) is 13.1. The van der Waals surface area contributed by atoms with Gasteiger partial charge in [0, 0.05) is 17.5 Å². The molecule has 100 valence electrons. The molecule has 0 saturated heterocycles. The van der Waals surface area contributed by atoms with E-state index in [0.29, 0.717) is 12.3 Å². The fraction of sp³-hybridized carbons (Fsp3) is 0.0667. The minimum atomic E-state index is -0.259. The summed E-state index contributed by atoms with van der Waals surface area (Å²) in [6, 6.07) is 10.2. The highest BCUT2D eigenvalue weighted by Gasteiger charge is 2.19. The number of aromatic hydroxyl groups is 1. The van der Waals surface area contributed by atoms with Gasteiger partial charge in [-0.05, 0) is 24.3 Å². The molecule has 5 heteroatoms. The molecule has 2 heterocycles. The van der Waals surface area contributed by atoms with Crippen molar-refractivity contribution in [2.45, 2.75) is 6.54 Å². The molecule has 0 radical (unpaired) electrons. The third-order valence-corrected chi connectivity index (χ3v) is 4.67. The lowest BCUT2D eigenvalue weighted by Gasteiger charge is -2.08. The second kappa shape index (κ2) is 4.11. The maximum absolute atomic E-state index is 13.3. The van der Waals surface area contributed by atoms with Gasteiger partial charge in [0.2, 0.25) is 0 Å². The Hall–Kier alpha value is -2.27. The zero-order valence-electron chi connectivity index (χ0n) is 10.4. The summed E-state index contributed by atoms with van der Waals surface area (Å²) in [6.07, 6.45) is 0. The molecule has 0 bridgehead atoms. The Morgan fingerprint density at radius 1 is 1.15 bits per heavy atom. The second-order valence-corrected chi connectivity index (χ2v) is 5.75. The molecular weight excluding hydrogens is 275 g/mol. The molecule has 4 rings (SSSR count). The van der Waals surface area contributed by atoms with Crippen molar-refractivity contribution >= 4 is 37.8 Å². The number of anilines is 3. The molecule has 0 saturated carbocycles. The predicted molar refractivity (Wildman–Crippen MR) is 80.5 cm³/mol. The van der Waals surface area contributed by atoms with Crippen molar-refractivity contribution < 1.29 is 9.50 Å². The van der Waals surface area contributed by atoms with E-state index in [2.05, 4.69) is 10.6 Å². The van der Waals surface area contributed by atoms with Crippen molar-refractivity contribution in [2.24, 2.45) is 0 Å². The van der Waals surface area contributed by atoms with E-state index in [1.165, 1.54) is 23.5 Å². The van der Waals surface area contributed by atoms with E-state index in [1.54, 1.807) is 12.1 Å². The van der Waals surface area contributed by atoms with Gasteiger partial charge < -0.3 is 15.7 Å². The van der Waals surface area contributed by atoms with Crippen LogP contribution < -0.4 is 10.6 Å². The van der Waals surface area contributed by atoms with Crippen LogP contribution in [-0.4, -0.2) is 5.11 Å². The van der Waals surface area contributed by atoms with Crippen molar-refractivity contribution in [3.8, 4) is 5.75 Å². The predicted octanol–water partition coefficient (Wildman–Crippen LogP) is 4.42. The van der Waals surface area contributed by atoms with Crippen LogP contribution in [0.5, 0.6) is 5.75 Å². The molecule has 1 aromatic heterocycles. The molecule has 1 aliphatic rings. The van der Waals surface area contributed by atoms with E-state index in [0.717, 1.165) is 32.0 Å². The largest absolute Gasteiger partial charge is 0.506 e. The third-order valence-electron chi connectivity index (χ3n) is 3.48. The quantitative estimate of drug-likeness (QED) is 0.573. The first-order valence-corrected chi connectivity index (χ1v) is 7.08. The van der Waals surface area contributed by atoms with E-state index in [-0.39, 0.29) is 5.82 Å². The molecule has 2 aromatic carbocycles. The van der Waals surface area contributed by atoms with Gasteiger partial charge in [0.05, 0.1) is 21.1 Å². The monoisotopic (exact) mass is 286 g/mol. The lowest BCUT2D eigenvalue weighted by molar-refractivity contribution is 0.482. The molecule has 20 heavy (non-hydrogen) atoms. The van der Waals surface area contributed by atoms with Crippen LogP contribution >= 0.6 is 11.3 Å². The standard InChI is InChI=1S/C15H11FN2OS/c16-8-4-5-11-12(6-8)17-7-10-9-2-1-3-13(19)14(9)20-15(10)18-11/h1-6,17-19H,7H2. The molecule has 1 aliphatic heterocycles. The van der Waals surface area contributed by atoms with Gasteiger partial charge in [-0.3, -0.25) is 0 Å². The third kappa shape index (κ3) is 1.63. The first kappa shape index (κ1) is 11.5. The number of rotatable bonds is 0. The van der Waals surface area contributed by atoms with E-state index in [1.807, 2.05) is 12.1 Å². The Balaban J connectivity index is 1.91. The molecule has 0 spiro atoms. The highest BCUT2D eigenvalue weighted by Crippen LogP contribution is 2.44. The van der Waals surface area contributed by atoms with Gasteiger partial charge in [-0.1, -0.05) is 12.1 Å². The van der Waals surface area contributed by atoms with Crippen molar-refractivity contribution in [3.63, 3.8) is 0 Å². The average molecular weight is 286 g/mol. The number of nitrogens with one attached hydrogen (secondary N) is 2. The Morgan fingerprint density at radius 2 is 2.05 bits per heavy atom. The molecule has 3 aromatic rings. The van der Waals surface area contributed by atoms with Crippen molar-refractivity contribution in [3.05, 3.63) is 47.8 Å². The maximum atomic E-state index is 13.3. The van der Waals surface area contributed by atoms with Crippen LogP contribution in [0.2, 0.25) is 0 Å². The van der Waals surface area contributed by atoms with E-state index in [9.17, 15) is 9.50 Å². The van der Waals surface area contributed by atoms with Crippen molar-refractivity contribution in [1.82, 2.24) is 0 Å². The van der Waals surface area contributed by atoms with Crippen LogP contribution in [0.1, 0.15) is 5.56 Å². The zero-order valence-corrected chi connectivity index (χ0v) is 11.2. The topological polar surface area (TPSA) is 44.3 Å². The Kier molecular flexibility index (Phi) is 2.37. The van der Waals surface area contributed by atoms with Crippen molar-refractivity contribution in [2.75, 3.05) is 10.6 Å². The smallest absolute Gasteiger partial charge is 0.133 e. The van der Waals surface area contributed by atoms with Gasteiger partial charge in [-0.2, -0.15) is 0 Å². The van der Waals surface area contributed by atoms with Gasteiger partial charge in [-0.25, -0.2) is 4.39 Å². The summed E-state index contributed by atoms with van der Waals surface area (Å²) in [7, 11) is 0. The number of phenolic OH excluding ortho intramolecular Hbond substituents is 1. The number of fused-ring (bicyclic) bond motifs is 4. The zero-order chi connectivity index (χ0) is 13.7. The summed E-state index contributed by atoms with van der Waals surface area (Å²) in [5.41, 5.74) is 2.69. The van der Waals surface area contributed by atoms with Crippen molar-refractivity contribution in [1.29, 1.82) is 0 Å². The highest BCUT2D eigenvalue weighted by molar-refractivity contribution is 7.23. The summed E-state index contributed by atoms with van der Waals surface area (Å²) in [5.74, 6) is 0.0347. The summed E-state index contributed by atoms with van der Waals surface area (Å²) in [6.45, 7) is 0.599. The summed E-state index contributed by atoms with van der Waals surface area (Å²) in [5, 5.41) is 18.5. The van der Waals surface area contributed by atoms with Crippen LogP contribution in [0.4, 0.5) is 20.8 Å². The number of thiophene rings is 1. The van der Waals surface area contributed by atoms with Crippen LogP contribution in [0.3, 0.4) is 0 Å². The lowest BCUT2D eigenvalue weighted by Crippen LogP contribution is -1.97. The lowest BCUT2D eigenvalue weighted by atomic mass is 10.1. The van der Waals surface area contributed by atoms with Gasteiger partial charge in [-0.15, -0.1) is 11.3 Å². The fourth-order valence-electron chi connectivity index (χ4n) is 2.51. The Bertz CT molecular complexity index is 828. The first-order chi connectivity index (χ1) is 9.72. The summed E-state index contributed by atoms with van der Waals surface area (Å²) >= 11 is 1.51. The Labute approximate surface area is 118 Å². The van der Waals surface area contributed by atoms with Gasteiger partial charge in [0.15, 0.2) is 0 Å². The molecule has 0 atom stereocenters. The number of phenols is 1. The molecule has 0 fully saturated rings. The van der Waals surface area contributed by atoms with Gasteiger partial charge >= 0.3 is 0 Å². The fourth-order valence-corrected chi connectivity index (χ4v) is 3.65. The number of hydrogen-bond acceptors (Lipinski definition) is 4. The SMILES string of the molecule is Oc1cccc2c3c(sc12)Nc1ccc(F)cc1NC3. The minimum absolute atomic E-state index is 0.259. The van der Waals surface area contributed by atoms with E-state index >= 15 is 0 Å². The molecule has 0 unspecified atom stereocenters.